The Labute approximate surface area is 150 Å². The molecular formula is C20H17N3O3. The number of amides is 1. The maximum absolute atomic E-state index is 13.1. The van der Waals surface area contributed by atoms with E-state index in [1.807, 2.05) is 54.6 Å². The van der Waals surface area contributed by atoms with E-state index in [9.17, 15) is 9.59 Å². The lowest BCUT2D eigenvalue weighted by Gasteiger charge is -2.22. The summed E-state index contributed by atoms with van der Waals surface area (Å²) in [4.78, 5) is 26.8. The van der Waals surface area contributed by atoms with Crippen LogP contribution < -0.4 is 4.90 Å². The van der Waals surface area contributed by atoms with E-state index < -0.39 is 12.0 Å². The van der Waals surface area contributed by atoms with Gasteiger partial charge in [-0.2, -0.15) is 5.10 Å². The zero-order valence-corrected chi connectivity index (χ0v) is 14.2. The maximum atomic E-state index is 13.1. The van der Waals surface area contributed by atoms with E-state index in [0.717, 1.165) is 16.9 Å². The minimum Gasteiger partial charge on any atom is -0.467 e. The van der Waals surface area contributed by atoms with Crippen LogP contribution in [0.25, 0.3) is 5.69 Å². The number of benzene rings is 2. The smallest absolute Gasteiger partial charge is 0.329 e. The van der Waals surface area contributed by atoms with Gasteiger partial charge in [0.15, 0.2) is 5.69 Å². The fourth-order valence-electron chi connectivity index (χ4n) is 3.25. The molecule has 0 N–H and O–H groups in total. The van der Waals surface area contributed by atoms with Gasteiger partial charge in [0.1, 0.15) is 6.04 Å². The second-order valence-corrected chi connectivity index (χ2v) is 6.03. The van der Waals surface area contributed by atoms with Crippen LogP contribution in [-0.2, 0) is 16.0 Å². The first-order valence-corrected chi connectivity index (χ1v) is 8.29. The van der Waals surface area contributed by atoms with Crippen molar-refractivity contribution in [3.8, 4) is 5.69 Å². The summed E-state index contributed by atoms with van der Waals surface area (Å²) in [6, 6.07) is 18.0. The highest BCUT2D eigenvalue weighted by Crippen LogP contribution is 2.33. The molecule has 1 aliphatic rings. The number of carbonyl (C=O) groups excluding carboxylic acids is 2. The van der Waals surface area contributed by atoms with E-state index in [1.54, 1.807) is 16.9 Å². The number of anilines is 1. The molecule has 1 aromatic heterocycles. The molecule has 0 aliphatic carbocycles. The number of rotatable bonds is 3. The minimum atomic E-state index is -0.674. The molecule has 6 heteroatoms. The zero-order valence-electron chi connectivity index (χ0n) is 14.2. The molecule has 0 saturated carbocycles. The first-order valence-electron chi connectivity index (χ1n) is 8.29. The van der Waals surface area contributed by atoms with Crippen LogP contribution in [-0.4, -0.2) is 34.8 Å². The molecule has 0 saturated heterocycles. The quantitative estimate of drug-likeness (QED) is 0.683. The van der Waals surface area contributed by atoms with E-state index in [4.69, 9.17) is 4.74 Å². The molecule has 2 heterocycles. The maximum Gasteiger partial charge on any atom is 0.329 e. The Kier molecular flexibility index (Phi) is 4.01. The SMILES string of the molecule is COC(=O)[C@@H]1Cc2ccccc2N1C(=O)c1ccn(-c2ccccc2)n1. The zero-order chi connectivity index (χ0) is 18.1. The molecule has 0 radical (unpaired) electrons. The lowest BCUT2D eigenvalue weighted by molar-refractivity contribution is -0.141. The molecule has 130 valence electrons. The van der Waals surface area contributed by atoms with Crippen molar-refractivity contribution >= 4 is 17.6 Å². The lowest BCUT2D eigenvalue weighted by atomic mass is 10.1. The van der Waals surface area contributed by atoms with Crippen LogP contribution in [0.15, 0.2) is 66.9 Å². The Morgan fingerprint density at radius 3 is 2.54 bits per heavy atom. The first kappa shape index (κ1) is 16.1. The van der Waals surface area contributed by atoms with Crippen molar-refractivity contribution in [2.24, 2.45) is 0 Å². The molecule has 0 spiro atoms. The third-order valence-corrected chi connectivity index (χ3v) is 4.50. The molecule has 0 bridgehead atoms. The Morgan fingerprint density at radius 2 is 1.77 bits per heavy atom. The number of hydrogen-bond acceptors (Lipinski definition) is 4. The molecule has 6 nitrogen and oxygen atoms in total. The van der Waals surface area contributed by atoms with Crippen LogP contribution in [0.3, 0.4) is 0 Å². The van der Waals surface area contributed by atoms with Gasteiger partial charge in [-0.15, -0.1) is 0 Å². The highest BCUT2D eigenvalue weighted by molar-refractivity contribution is 6.10. The van der Waals surface area contributed by atoms with E-state index >= 15 is 0 Å². The second-order valence-electron chi connectivity index (χ2n) is 6.03. The number of methoxy groups -OCH3 is 1. The van der Waals surface area contributed by atoms with Gasteiger partial charge in [-0.05, 0) is 29.8 Å². The first-order chi connectivity index (χ1) is 12.7. The van der Waals surface area contributed by atoms with Gasteiger partial charge in [-0.3, -0.25) is 9.69 Å². The molecule has 1 aliphatic heterocycles. The molecule has 3 aromatic rings. The molecule has 2 aromatic carbocycles. The van der Waals surface area contributed by atoms with Crippen LogP contribution in [0.5, 0.6) is 0 Å². The second kappa shape index (κ2) is 6.48. The van der Waals surface area contributed by atoms with Crippen molar-refractivity contribution < 1.29 is 14.3 Å². The molecule has 0 fully saturated rings. The third-order valence-electron chi connectivity index (χ3n) is 4.50. The number of esters is 1. The summed E-state index contributed by atoms with van der Waals surface area (Å²) in [5, 5.41) is 4.39. The number of hydrogen-bond donors (Lipinski definition) is 0. The Morgan fingerprint density at radius 1 is 1.04 bits per heavy atom. The Balaban J connectivity index is 1.70. The van der Waals surface area contributed by atoms with Crippen LogP contribution in [0.1, 0.15) is 16.1 Å². The third kappa shape index (κ3) is 2.65. The highest BCUT2D eigenvalue weighted by Gasteiger charge is 2.40. The van der Waals surface area contributed by atoms with Crippen molar-refractivity contribution in [1.82, 2.24) is 9.78 Å². The van der Waals surface area contributed by atoms with Gasteiger partial charge in [0.05, 0.1) is 12.8 Å². The van der Waals surface area contributed by atoms with Gasteiger partial charge in [-0.25, -0.2) is 9.48 Å². The Bertz CT molecular complexity index is 965. The van der Waals surface area contributed by atoms with Gasteiger partial charge < -0.3 is 4.74 Å². The molecule has 26 heavy (non-hydrogen) atoms. The van der Waals surface area contributed by atoms with Gasteiger partial charge in [0.25, 0.3) is 5.91 Å². The number of carbonyl (C=O) groups is 2. The summed E-state index contributed by atoms with van der Waals surface area (Å²) in [7, 11) is 1.33. The van der Waals surface area contributed by atoms with Crippen molar-refractivity contribution in [1.29, 1.82) is 0 Å². The normalized spacial score (nSPS) is 15.6. The lowest BCUT2D eigenvalue weighted by Crippen LogP contribution is -2.43. The predicted molar refractivity (Wildman–Crippen MR) is 96.3 cm³/mol. The Hall–Kier alpha value is -3.41. The highest BCUT2D eigenvalue weighted by atomic mass is 16.5. The van der Waals surface area contributed by atoms with Crippen molar-refractivity contribution in [2.75, 3.05) is 12.0 Å². The summed E-state index contributed by atoms with van der Waals surface area (Å²) < 4.78 is 6.54. The number of ether oxygens (including phenoxy) is 1. The number of para-hydroxylation sites is 2. The van der Waals surface area contributed by atoms with Crippen LogP contribution in [0, 0.1) is 0 Å². The largest absolute Gasteiger partial charge is 0.467 e. The topological polar surface area (TPSA) is 64.4 Å². The van der Waals surface area contributed by atoms with Crippen LogP contribution in [0.2, 0.25) is 0 Å². The van der Waals surface area contributed by atoms with Gasteiger partial charge in [0.2, 0.25) is 0 Å². The average molecular weight is 347 g/mol. The summed E-state index contributed by atoms with van der Waals surface area (Å²) in [5.41, 5.74) is 2.80. The molecule has 0 unspecified atom stereocenters. The van der Waals surface area contributed by atoms with Gasteiger partial charge in [-0.1, -0.05) is 36.4 Å². The number of fused-ring (bicyclic) bond motifs is 1. The molecular weight excluding hydrogens is 330 g/mol. The number of aromatic nitrogens is 2. The summed E-state index contributed by atoms with van der Waals surface area (Å²) in [5.74, 6) is -0.753. The summed E-state index contributed by atoms with van der Waals surface area (Å²) in [6.07, 6.45) is 2.17. The van der Waals surface area contributed by atoms with Crippen LogP contribution in [0.4, 0.5) is 5.69 Å². The monoisotopic (exact) mass is 347 g/mol. The minimum absolute atomic E-state index is 0.277. The van der Waals surface area contributed by atoms with Crippen molar-refractivity contribution in [2.45, 2.75) is 12.5 Å². The average Bonchev–Trinajstić information content (AvgIpc) is 3.32. The van der Waals surface area contributed by atoms with Crippen LogP contribution >= 0.6 is 0 Å². The molecule has 1 amide bonds. The molecule has 1 atom stereocenters. The van der Waals surface area contributed by atoms with Gasteiger partial charge >= 0.3 is 5.97 Å². The van der Waals surface area contributed by atoms with E-state index in [0.29, 0.717) is 6.42 Å². The fourth-order valence-corrected chi connectivity index (χ4v) is 3.25. The predicted octanol–water partition coefficient (Wildman–Crippen LogP) is 2.62. The standard InChI is InChI=1S/C20H17N3O3/c1-26-20(25)18-13-14-7-5-6-10-17(14)23(18)19(24)16-11-12-22(21-16)15-8-3-2-4-9-15/h2-12,18H,13H2,1H3/t18-/m0/s1. The van der Waals surface area contributed by atoms with E-state index in [-0.39, 0.29) is 11.6 Å². The van der Waals surface area contributed by atoms with E-state index in [2.05, 4.69) is 5.10 Å². The summed E-state index contributed by atoms with van der Waals surface area (Å²) >= 11 is 0. The van der Waals surface area contributed by atoms with E-state index in [1.165, 1.54) is 12.0 Å². The molecule has 4 rings (SSSR count). The van der Waals surface area contributed by atoms with Gasteiger partial charge in [0, 0.05) is 18.3 Å². The fraction of sp³-hybridized carbons (Fsp3) is 0.150. The number of nitrogens with zero attached hydrogens (tertiary/aromatic N) is 3. The summed E-state index contributed by atoms with van der Waals surface area (Å²) in [6.45, 7) is 0. The van der Waals surface area contributed by atoms with Crippen molar-refractivity contribution in [3.63, 3.8) is 0 Å². The van der Waals surface area contributed by atoms with Crippen molar-refractivity contribution in [3.05, 3.63) is 78.1 Å².